The van der Waals surface area contributed by atoms with Crippen molar-refractivity contribution in [2.24, 2.45) is 5.73 Å². The van der Waals surface area contributed by atoms with Crippen LogP contribution in [0.5, 0.6) is 0 Å². The highest BCUT2D eigenvalue weighted by molar-refractivity contribution is 5.90. The van der Waals surface area contributed by atoms with Gasteiger partial charge in [0.1, 0.15) is 5.78 Å². The van der Waals surface area contributed by atoms with E-state index in [4.69, 9.17) is 5.73 Å². The van der Waals surface area contributed by atoms with Crippen LogP contribution >= 0.6 is 0 Å². The van der Waals surface area contributed by atoms with Gasteiger partial charge < -0.3 is 21.7 Å². The largest absolute Gasteiger partial charge is 0.348 e. The van der Waals surface area contributed by atoms with E-state index in [1.807, 2.05) is 0 Å². The van der Waals surface area contributed by atoms with E-state index in [1.165, 1.54) is 6.92 Å². The molecule has 0 saturated carbocycles. The number of carbonyl (C=O) groups is 4. The second kappa shape index (κ2) is 8.22. The van der Waals surface area contributed by atoms with E-state index in [2.05, 4.69) is 16.0 Å². The van der Waals surface area contributed by atoms with Gasteiger partial charge in [0.25, 0.3) is 0 Å². The summed E-state index contributed by atoms with van der Waals surface area (Å²) in [5, 5.41) is 6.82. The fourth-order valence-electron chi connectivity index (χ4n) is 0.778. The van der Waals surface area contributed by atoms with Gasteiger partial charge in [0.2, 0.25) is 17.7 Å². The van der Waals surface area contributed by atoms with Crippen molar-refractivity contribution in [2.75, 3.05) is 26.2 Å². The summed E-state index contributed by atoms with van der Waals surface area (Å²) >= 11 is 0. The molecule has 0 bridgehead atoms. The second-order valence-corrected chi connectivity index (χ2v) is 3.24. The highest BCUT2D eigenvalue weighted by atomic mass is 16.2. The van der Waals surface area contributed by atoms with Gasteiger partial charge in [-0.1, -0.05) is 0 Å². The molecule has 0 unspecified atom stereocenters. The summed E-state index contributed by atoms with van der Waals surface area (Å²) in [5.74, 6) is -1.62. The number of ketones is 1. The minimum Gasteiger partial charge on any atom is -0.348 e. The molecule has 0 saturated heterocycles. The molecule has 0 atom stereocenters. The summed E-state index contributed by atoms with van der Waals surface area (Å²) in [5.41, 5.74) is 5.01. The van der Waals surface area contributed by atoms with Crippen LogP contribution in [-0.4, -0.2) is 49.7 Å². The molecule has 0 rings (SSSR count). The van der Waals surface area contributed by atoms with Gasteiger partial charge in [0.05, 0.1) is 26.2 Å². The average Bonchev–Trinajstić information content (AvgIpc) is 2.30. The first-order chi connectivity index (χ1) is 7.95. The van der Waals surface area contributed by atoms with Gasteiger partial charge in [-0.15, -0.1) is 0 Å². The molecule has 0 aliphatic rings. The Morgan fingerprint density at radius 2 is 1.24 bits per heavy atom. The topological polar surface area (TPSA) is 130 Å². The minimum atomic E-state index is -0.509. The van der Waals surface area contributed by atoms with Crippen LogP contribution in [0.3, 0.4) is 0 Å². The Labute approximate surface area is 98.3 Å². The lowest BCUT2D eigenvalue weighted by molar-refractivity contribution is -0.128. The van der Waals surface area contributed by atoms with Crippen molar-refractivity contribution in [3.63, 3.8) is 0 Å². The van der Waals surface area contributed by atoms with Gasteiger partial charge in [-0.25, -0.2) is 0 Å². The molecule has 0 aromatic heterocycles. The van der Waals surface area contributed by atoms with E-state index in [0.717, 1.165) is 0 Å². The molecule has 0 aromatic rings. The lowest BCUT2D eigenvalue weighted by atomic mass is 10.4. The summed E-state index contributed by atoms with van der Waals surface area (Å²) in [7, 11) is 0. The molecule has 8 heteroatoms. The third-order valence-electron chi connectivity index (χ3n) is 1.61. The number of nitrogens with one attached hydrogen (secondary N) is 3. The van der Waals surface area contributed by atoms with E-state index in [0.29, 0.717) is 0 Å². The van der Waals surface area contributed by atoms with Gasteiger partial charge in [0, 0.05) is 0 Å². The fraction of sp³-hybridized carbons (Fsp3) is 0.556. The van der Waals surface area contributed by atoms with Gasteiger partial charge in [-0.3, -0.25) is 19.2 Å². The van der Waals surface area contributed by atoms with Crippen LogP contribution in [0.15, 0.2) is 0 Å². The first-order valence-electron chi connectivity index (χ1n) is 4.95. The van der Waals surface area contributed by atoms with Gasteiger partial charge >= 0.3 is 0 Å². The third-order valence-corrected chi connectivity index (χ3v) is 1.61. The lowest BCUT2D eigenvalue weighted by Gasteiger charge is -2.06. The molecule has 5 N–H and O–H groups in total. The molecule has 0 aliphatic heterocycles. The predicted octanol–water partition coefficient (Wildman–Crippen LogP) is -3.12. The number of amides is 3. The number of hydrogen-bond acceptors (Lipinski definition) is 5. The van der Waals surface area contributed by atoms with Crippen molar-refractivity contribution in [3.05, 3.63) is 0 Å². The molecule has 0 radical (unpaired) electrons. The van der Waals surface area contributed by atoms with E-state index in [1.54, 1.807) is 0 Å². The molecular weight excluding hydrogens is 228 g/mol. The minimum absolute atomic E-state index is 0.0708. The second-order valence-electron chi connectivity index (χ2n) is 3.24. The molecule has 0 aliphatic carbocycles. The molecule has 0 fully saturated rings. The number of hydrogen-bond donors (Lipinski definition) is 4. The molecule has 8 nitrogen and oxygen atoms in total. The smallest absolute Gasteiger partial charge is 0.239 e. The van der Waals surface area contributed by atoms with E-state index < -0.39 is 17.7 Å². The molecule has 17 heavy (non-hydrogen) atoms. The highest BCUT2D eigenvalue weighted by Crippen LogP contribution is 1.70. The van der Waals surface area contributed by atoms with Crippen LogP contribution < -0.4 is 21.7 Å². The SMILES string of the molecule is CC(=O)CNC(=O)CNC(=O)CNC(=O)CN. The summed E-state index contributed by atoms with van der Waals surface area (Å²) in [6.45, 7) is 0.576. The zero-order valence-electron chi connectivity index (χ0n) is 9.54. The summed E-state index contributed by atoms with van der Waals surface area (Å²) in [6, 6.07) is 0. The average molecular weight is 244 g/mol. The Morgan fingerprint density at radius 1 is 0.824 bits per heavy atom. The Morgan fingerprint density at radius 3 is 1.65 bits per heavy atom. The molecule has 3 amide bonds. The van der Waals surface area contributed by atoms with E-state index in [9.17, 15) is 19.2 Å². The van der Waals surface area contributed by atoms with Crippen molar-refractivity contribution in [3.8, 4) is 0 Å². The number of Topliss-reactive ketones (excluding diaryl/α,β-unsaturated/α-hetero) is 1. The standard InChI is InChI=1S/C9H16N4O4/c1-6(14)3-11-8(16)5-13-9(17)4-12-7(15)2-10/h2-5,10H2,1H3,(H,11,16)(H,12,15)(H,13,17). The quantitative estimate of drug-likeness (QED) is 0.376. The van der Waals surface area contributed by atoms with Crippen molar-refractivity contribution in [1.29, 1.82) is 0 Å². The van der Waals surface area contributed by atoms with E-state index >= 15 is 0 Å². The molecule has 0 aromatic carbocycles. The Kier molecular flexibility index (Phi) is 7.27. The van der Waals surface area contributed by atoms with Gasteiger partial charge in [0.15, 0.2) is 0 Å². The van der Waals surface area contributed by atoms with Gasteiger partial charge in [-0.05, 0) is 6.92 Å². The maximum absolute atomic E-state index is 11.1. The van der Waals surface area contributed by atoms with Crippen molar-refractivity contribution >= 4 is 23.5 Å². The highest BCUT2D eigenvalue weighted by Gasteiger charge is 2.06. The van der Waals surface area contributed by atoms with Crippen LogP contribution in [0.25, 0.3) is 0 Å². The molecule has 0 spiro atoms. The summed E-state index contributed by atoms with van der Waals surface area (Å²) in [4.78, 5) is 43.4. The Balaban J connectivity index is 3.66. The van der Waals surface area contributed by atoms with Crippen molar-refractivity contribution < 1.29 is 19.2 Å². The van der Waals surface area contributed by atoms with E-state index in [-0.39, 0.29) is 32.0 Å². The first-order valence-corrected chi connectivity index (χ1v) is 4.95. The maximum Gasteiger partial charge on any atom is 0.239 e. The zero-order valence-corrected chi connectivity index (χ0v) is 9.54. The summed E-state index contributed by atoms with van der Waals surface area (Å²) < 4.78 is 0. The zero-order chi connectivity index (χ0) is 13.3. The number of rotatable bonds is 7. The summed E-state index contributed by atoms with van der Waals surface area (Å²) in [6.07, 6.45) is 0. The molecule has 0 heterocycles. The lowest BCUT2D eigenvalue weighted by Crippen LogP contribution is -2.43. The Hall–Kier alpha value is -1.96. The molecular formula is C9H16N4O4. The van der Waals surface area contributed by atoms with Gasteiger partial charge in [-0.2, -0.15) is 0 Å². The van der Waals surface area contributed by atoms with Crippen LogP contribution in [0, 0.1) is 0 Å². The van der Waals surface area contributed by atoms with Crippen LogP contribution in [0.2, 0.25) is 0 Å². The molecule has 96 valence electrons. The monoisotopic (exact) mass is 244 g/mol. The number of nitrogens with two attached hydrogens (primary N) is 1. The third kappa shape index (κ3) is 9.00. The van der Waals surface area contributed by atoms with Crippen LogP contribution in [-0.2, 0) is 19.2 Å². The number of carbonyl (C=O) groups excluding carboxylic acids is 4. The maximum atomic E-state index is 11.1. The van der Waals surface area contributed by atoms with Crippen molar-refractivity contribution in [1.82, 2.24) is 16.0 Å². The predicted molar refractivity (Wildman–Crippen MR) is 58.8 cm³/mol. The fourth-order valence-corrected chi connectivity index (χ4v) is 0.778. The van der Waals surface area contributed by atoms with Crippen molar-refractivity contribution in [2.45, 2.75) is 6.92 Å². The van der Waals surface area contributed by atoms with Crippen LogP contribution in [0.4, 0.5) is 0 Å². The Bertz CT molecular complexity index is 316. The first kappa shape index (κ1) is 15.0. The van der Waals surface area contributed by atoms with Crippen LogP contribution in [0.1, 0.15) is 6.92 Å². The normalized spacial score (nSPS) is 9.29.